The van der Waals surface area contributed by atoms with E-state index in [1.807, 2.05) is 6.07 Å². The lowest BCUT2D eigenvalue weighted by Crippen LogP contribution is -1.60. The lowest BCUT2D eigenvalue weighted by molar-refractivity contribution is 1.87. The molecule has 1 heterocycles. The molecule has 0 amide bonds. The third kappa shape index (κ3) is 0.679. The second-order valence-corrected chi connectivity index (χ2v) is 1.28. The Morgan fingerprint density at radius 1 is 0.833 bits per heavy atom. The van der Waals surface area contributed by atoms with Crippen molar-refractivity contribution in [1.29, 1.82) is 0 Å². The van der Waals surface area contributed by atoms with Crippen molar-refractivity contribution in [3.05, 3.63) is 30.1 Å². The summed E-state index contributed by atoms with van der Waals surface area (Å²) in [6, 6.07) is 6.14. The van der Waals surface area contributed by atoms with E-state index < -0.39 is 0 Å². The number of hydrogen-bond donors (Lipinski definition) is 0. The van der Waals surface area contributed by atoms with Crippen LogP contribution in [0.3, 0.4) is 0 Å². The van der Waals surface area contributed by atoms with Gasteiger partial charge in [0.1, 0.15) is 0 Å². The van der Waals surface area contributed by atoms with Crippen molar-refractivity contribution in [2.24, 2.45) is 0 Å². The first-order valence-corrected chi connectivity index (χ1v) is 2.15. The molecule has 0 aromatic carbocycles. The summed E-state index contributed by atoms with van der Waals surface area (Å²) in [4.78, 5) is 0. The third-order valence-electron chi connectivity index (χ3n) is 0.767. The Balaban J connectivity index is 3.00. The fourth-order valence-electron chi connectivity index (χ4n) is 0.457. The van der Waals surface area contributed by atoms with Gasteiger partial charge in [0.25, 0.3) is 0 Å². The van der Waals surface area contributed by atoms with E-state index in [4.69, 9.17) is 0 Å². The molecule has 1 rings (SSSR count). The van der Waals surface area contributed by atoms with Crippen LogP contribution >= 0.6 is 0 Å². The zero-order valence-electron chi connectivity index (χ0n) is 3.59. The molecule has 1 heteroatoms. The van der Waals surface area contributed by atoms with Gasteiger partial charge >= 0.3 is 0 Å². The first-order chi connectivity index (χ1) is 3.00. The van der Waals surface area contributed by atoms with Gasteiger partial charge in [-0.15, -0.1) is 19.0 Å². The van der Waals surface area contributed by atoms with Crippen molar-refractivity contribution < 1.29 is 0 Å². The summed E-state index contributed by atoms with van der Waals surface area (Å²) in [6.07, 6.45) is 0. The molecule has 1 aromatic rings. The molecule has 0 saturated heterocycles. The van der Waals surface area contributed by atoms with Crippen LogP contribution in [0.25, 0.3) is 0 Å². The Kier molecular flexibility index (Phi) is 1.05. The Morgan fingerprint density at radius 2 is 1.50 bits per heavy atom. The minimum absolute atomic E-state index is 1.11. The topological polar surface area (TPSA) is 0 Å². The van der Waals surface area contributed by atoms with Gasteiger partial charge in [-0.3, -0.25) is 11.9 Å². The van der Waals surface area contributed by atoms with Crippen LogP contribution in [-0.2, 0) is 0 Å². The van der Waals surface area contributed by atoms with Crippen LogP contribution < -0.4 is 0 Å². The quantitative estimate of drug-likeness (QED) is 0.428. The molecule has 0 aliphatic rings. The molecule has 0 nitrogen and oxygen atoms in total. The SMILES string of the molecule is [bH-]1ccccc1. The van der Waals surface area contributed by atoms with Gasteiger partial charge in [0.15, 0.2) is 0 Å². The minimum Gasteiger partial charge on any atom is -0.268 e. The van der Waals surface area contributed by atoms with Gasteiger partial charge in [0.2, 0.25) is 0 Å². The molecule has 0 unspecified atom stereocenters. The van der Waals surface area contributed by atoms with Crippen LogP contribution in [0.1, 0.15) is 0 Å². The highest BCUT2D eigenvalue weighted by atomic mass is 13.5. The van der Waals surface area contributed by atoms with Crippen LogP contribution in [0.5, 0.6) is 0 Å². The summed E-state index contributed by atoms with van der Waals surface area (Å²) >= 11 is 0. The molecule has 0 aliphatic carbocycles. The van der Waals surface area contributed by atoms with Gasteiger partial charge in [0.05, 0.1) is 0 Å². The van der Waals surface area contributed by atoms with Gasteiger partial charge < -0.3 is 0 Å². The second kappa shape index (κ2) is 1.76. The first-order valence-electron chi connectivity index (χ1n) is 2.15. The fourth-order valence-corrected chi connectivity index (χ4v) is 0.457. The highest BCUT2D eigenvalue weighted by molar-refractivity contribution is 6.26. The van der Waals surface area contributed by atoms with Crippen molar-refractivity contribution in [1.82, 2.24) is 0 Å². The molecule has 0 spiro atoms. The third-order valence-corrected chi connectivity index (χ3v) is 0.767. The molecule has 30 valence electrons. The molecule has 0 aliphatic heterocycles. The predicted molar refractivity (Wildman–Crippen MR) is 29.2 cm³/mol. The average molecular weight is 76.9 g/mol. The fraction of sp³-hybridized carbons (Fsp3) is 0. The predicted octanol–water partition coefficient (Wildman–Crippen LogP) is 0.757. The molecule has 0 saturated carbocycles. The second-order valence-electron chi connectivity index (χ2n) is 1.28. The standard InChI is InChI=1S/C5H6B/c1-2-4-6-5-3-1/h1-6H/q-1. The van der Waals surface area contributed by atoms with Crippen molar-refractivity contribution in [3.63, 3.8) is 0 Å². The molecule has 0 N–H and O–H groups in total. The van der Waals surface area contributed by atoms with E-state index >= 15 is 0 Å². The molecule has 1 aromatic heterocycles. The Morgan fingerprint density at radius 3 is 1.67 bits per heavy atom. The van der Waals surface area contributed by atoms with Crippen LogP contribution in [-0.4, -0.2) is 6.91 Å². The molecular weight excluding hydrogens is 70.9 g/mol. The summed E-state index contributed by atoms with van der Waals surface area (Å²) in [5.41, 5.74) is 0. The lowest BCUT2D eigenvalue weighted by Gasteiger charge is -1.80. The van der Waals surface area contributed by atoms with Crippen LogP contribution in [0.15, 0.2) is 30.1 Å². The Bertz CT molecular complexity index is 75.9. The lowest BCUT2D eigenvalue weighted by atomic mass is 9.96. The molecule has 0 fully saturated rings. The van der Waals surface area contributed by atoms with E-state index in [9.17, 15) is 0 Å². The largest absolute Gasteiger partial charge is 0.268 e. The van der Waals surface area contributed by atoms with Crippen LogP contribution in [0, 0.1) is 0 Å². The molecule has 0 bridgehead atoms. The molecule has 0 radical (unpaired) electrons. The molecule has 0 atom stereocenters. The van der Waals surface area contributed by atoms with E-state index in [0.29, 0.717) is 0 Å². The zero-order chi connectivity index (χ0) is 4.24. The van der Waals surface area contributed by atoms with Crippen molar-refractivity contribution in [2.45, 2.75) is 0 Å². The maximum Gasteiger partial charge on any atom is -0.0696 e. The maximum absolute atomic E-state index is 2.12. The molecule has 6 heavy (non-hydrogen) atoms. The van der Waals surface area contributed by atoms with Crippen molar-refractivity contribution >= 4 is 6.91 Å². The highest BCUT2D eigenvalue weighted by Crippen LogP contribution is 1.73. The van der Waals surface area contributed by atoms with E-state index in [1.165, 1.54) is 0 Å². The Hall–Kier alpha value is -0.585. The normalized spacial score (nSPS) is 8.00. The van der Waals surface area contributed by atoms with Crippen molar-refractivity contribution in [2.75, 3.05) is 0 Å². The van der Waals surface area contributed by atoms with Gasteiger partial charge in [-0.25, -0.2) is 0 Å². The summed E-state index contributed by atoms with van der Waals surface area (Å²) in [7, 11) is 0. The Labute approximate surface area is 38.0 Å². The van der Waals surface area contributed by atoms with Crippen molar-refractivity contribution in [3.8, 4) is 0 Å². The smallest absolute Gasteiger partial charge is 0.0696 e. The van der Waals surface area contributed by atoms with E-state index in [2.05, 4.69) is 24.1 Å². The summed E-state index contributed by atoms with van der Waals surface area (Å²) < 4.78 is 0. The van der Waals surface area contributed by atoms with Gasteiger partial charge in [-0.2, -0.15) is 0 Å². The summed E-state index contributed by atoms with van der Waals surface area (Å²) in [6.45, 7) is 1.11. The van der Waals surface area contributed by atoms with E-state index in [0.717, 1.165) is 6.91 Å². The van der Waals surface area contributed by atoms with Gasteiger partial charge in [0, 0.05) is 0 Å². The highest BCUT2D eigenvalue weighted by Gasteiger charge is 1.48. The first kappa shape index (κ1) is 3.60. The summed E-state index contributed by atoms with van der Waals surface area (Å²) in [5.74, 6) is 4.25. The van der Waals surface area contributed by atoms with Crippen LogP contribution in [0.4, 0.5) is 0 Å². The zero-order valence-corrected chi connectivity index (χ0v) is 3.59. The van der Waals surface area contributed by atoms with E-state index in [-0.39, 0.29) is 0 Å². The molecular formula is C5H6B-. The summed E-state index contributed by atoms with van der Waals surface area (Å²) in [5, 5.41) is 0. The van der Waals surface area contributed by atoms with E-state index in [1.54, 1.807) is 0 Å². The number of rotatable bonds is 0. The van der Waals surface area contributed by atoms with Crippen LogP contribution in [0.2, 0.25) is 0 Å². The van der Waals surface area contributed by atoms with Gasteiger partial charge in [-0.1, -0.05) is 6.07 Å². The average Bonchev–Trinajstić information content (AvgIpc) is 1.72. The number of hydrogen-bond acceptors (Lipinski definition) is 0. The van der Waals surface area contributed by atoms with Gasteiger partial charge in [-0.05, 0) is 0 Å². The monoisotopic (exact) mass is 77.1 g/mol. The maximum atomic E-state index is 2.12. The minimum atomic E-state index is 1.11.